The number of rotatable bonds is 7. The topological polar surface area (TPSA) is 124 Å². The van der Waals surface area contributed by atoms with Crippen molar-refractivity contribution in [2.24, 2.45) is 0 Å². The molecule has 9 nitrogen and oxygen atoms in total. The van der Waals surface area contributed by atoms with Crippen LogP contribution in [0.25, 0.3) is 0 Å². The van der Waals surface area contributed by atoms with Gasteiger partial charge in [0.15, 0.2) is 0 Å². The highest BCUT2D eigenvalue weighted by atomic mass is 16.5. The van der Waals surface area contributed by atoms with E-state index in [0.29, 0.717) is 0 Å². The molecular formula is C8H15N5O4. The van der Waals surface area contributed by atoms with Gasteiger partial charge >= 0.3 is 6.01 Å². The standard InChI is InChI=1S/C8H15N5O4/c1-17-8-10-6(12-16)9-7(11-8)13(2-4-14)3-5-15/h14-16H,2-5H2,1H3,(H,9,10,11,12). The zero-order valence-corrected chi connectivity index (χ0v) is 9.37. The molecule has 0 saturated heterocycles. The van der Waals surface area contributed by atoms with Crippen molar-refractivity contribution in [1.29, 1.82) is 0 Å². The summed E-state index contributed by atoms with van der Waals surface area (Å²) in [5.41, 5.74) is 1.79. The van der Waals surface area contributed by atoms with E-state index in [1.54, 1.807) is 5.48 Å². The van der Waals surface area contributed by atoms with Gasteiger partial charge in [-0.05, 0) is 0 Å². The lowest BCUT2D eigenvalue weighted by Gasteiger charge is -2.20. The lowest BCUT2D eigenvalue weighted by molar-refractivity contribution is 0.279. The Hall–Kier alpha value is -1.71. The van der Waals surface area contributed by atoms with Crippen molar-refractivity contribution in [2.75, 3.05) is 43.8 Å². The molecule has 0 radical (unpaired) electrons. The van der Waals surface area contributed by atoms with Crippen molar-refractivity contribution in [2.45, 2.75) is 0 Å². The van der Waals surface area contributed by atoms with Crippen LogP contribution in [0.5, 0.6) is 6.01 Å². The third-order valence-corrected chi connectivity index (χ3v) is 1.91. The lowest BCUT2D eigenvalue weighted by Crippen LogP contribution is -2.31. The van der Waals surface area contributed by atoms with Crippen LogP contribution in [0.3, 0.4) is 0 Å². The molecule has 0 aromatic carbocycles. The minimum atomic E-state index is -0.115. The number of nitrogens with one attached hydrogen (secondary N) is 1. The molecule has 1 heterocycles. The SMILES string of the molecule is COc1nc(NO)nc(N(CCO)CCO)n1. The number of methoxy groups -OCH3 is 1. The van der Waals surface area contributed by atoms with Crippen molar-refractivity contribution >= 4 is 11.9 Å². The minimum absolute atomic E-state index is 0.0208. The Kier molecular flexibility index (Phi) is 5.33. The minimum Gasteiger partial charge on any atom is -0.467 e. The Morgan fingerprint density at radius 2 is 1.82 bits per heavy atom. The van der Waals surface area contributed by atoms with Crippen LogP contribution >= 0.6 is 0 Å². The van der Waals surface area contributed by atoms with E-state index in [4.69, 9.17) is 20.2 Å². The quantitative estimate of drug-likeness (QED) is 0.423. The second kappa shape index (κ2) is 6.78. The highest BCUT2D eigenvalue weighted by molar-refractivity contribution is 5.37. The summed E-state index contributed by atoms with van der Waals surface area (Å²) in [5, 5.41) is 26.5. The fourth-order valence-corrected chi connectivity index (χ4v) is 1.18. The summed E-state index contributed by atoms with van der Waals surface area (Å²) in [4.78, 5) is 13.1. The molecule has 4 N–H and O–H groups in total. The van der Waals surface area contributed by atoms with Gasteiger partial charge in [0.1, 0.15) is 0 Å². The summed E-state index contributed by atoms with van der Waals surface area (Å²) in [6, 6.07) is 0.0208. The first kappa shape index (κ1) is 13.4. The second-order valence-corrected chi connectivity index (χ2v) is 2.99. The molecule has 17 heavy (non-hydrogen) atoms. The fourth-order valence-electron chi connectivity index (χ4n) is 1.18. The smallest absolute Gasteiger partial charge is 0.322 e. The van der Waals surface area contributed by atoms with Crippen molar-refractivity contribution in [3.05, 3.63) is 0 Å². The van der Waals surface area contributed by atoms with Crippen LogP contribution in [-0.4, -0.2) is 63.8 Å². The molecule has 1 aromatic heterocycles. The molecule has 0 bridgehead atoms. The van der Waals surface area contributed by atoms with E-state index >= 15 is 0 Å². The molecule has 0 aliphatic carbocycles. The van der Waals surface area contributed by atoms with E-state index in [-0.39, 0.29) is 44.2 Å². The summed E-state index contributed by atoms with van der Waals surface area (Å²) in [5.74, 6) is 0.115. The van der Waals surface area contributed by atoms with E-state index in [1.165, 1.54) is 12.0 Å². The molecular weight excluding hydrogens is 230 g/mol. The average Bonchev–Trinajstić information content (AvgIpc) is 2.37. The number of ether oxygens (including phenoxy) is 1. The van der Waals surface area contributed by atoms with Gasteiger partial charge in [0.05, 0.1) is 20.3 Å². The van der Waals surface area contributed by atoms with Crippen LogP contribution in [0.4, 0.5) is 11.9 Å². The van der Waals surface area contributed by atoms with Gasteiger partial charge in [-0.2, -0.15) is 15.0 Å². The van der Waals surface area contributed by atoms with Crippen molar-refractivity contribution in [1.82, 2.24) is 15.0 Å². The molecule has 0 aliphatic rings. The Labute approximate surface area is 97.7 Å². The summed E-state index contributed by atoms with van der Waals surface area (Å²) < 4.78 is 4.84. The van der Waals surface area contributed by atoms with Crippen LogP contribution in [0.2, 0.25) is 0 Å². The predicted molar refractivity (Wildman–Crippen MR) is 58.2 cm³/mol. The number of hydrogen-bond acceptors (Lipinski definition) is 9. The van der Waals surface area contributed by atoms with Crippen LogP contribution in [0.1, 0.15) is 0 Å². The van der Waals surface area contributed by atoms with E-state index in [1.807, 2.05) is 0 Å². The number of nitrogens with zero attached hydrogens (tertiary/aromatic N) is 4. The Morgan fingerprint density at radius 3 is 2.29 bits per heavy atom. The first-order valence-corrected chi connectivity index (χ1v) is 4.92. The third kappa shape index (κ3) is 3.66. The van der Waals surface area contributed by atoms with Gasteiger partial charge in [-0.25, -0.2) is 5.48 Å². The van der Waals surface area contributed by atoms with E-state index in [2.05, 4.69) is 15.0 Å². The molecule has 0 fully saturated rings. The average molecular weight is 245 g/mol. The molecule has 96 valence electrons. The molecule has 1 rings (SSSR count). The van der Waals surface area contributed by atoms with Crippen LogP contribution in [0, 0.1) is 0 Å². The summed E-state index contributed by atoms with van der Waals surface area (Å²) in [6.07, 6.45) is 0. The van der Waals surface area contributed by atoms with Gasteiger partial charge in [0, 0.05) is 13.1 Å². The van der Waals surface area contributed by atoms with Crippen molar-refractivity contribution in [3.63, 3.8) is 0 Å². The zero-order valence-electron chi connectivity index (χ0n) is 9.37. The molecule has 0 spiro atoms. The molecule has 9 heteroatoms. The van der Waals surface area contributed by atoms with Gasteiger partial charge in [0.25, 0.3) is 5.95 Å². The maximum absolute atomic E-state index is 8.89. The van der Waals surface area contributed by atoms with Gasteiger partial charge in [0.2, 0.25) is 5.95 Å². The Bertz CT molecular complexity index is 322. The van der Waals surface area contributed by atoms with Crippen LogP contribution in [-0.2, 0) is 0 Å². The molecule has 0 unspecified atom stereocenters. The van der Waals surface area contributed by atoms with Gasteiger partial charge in [-0.1, -0.05) is 0 Å². The van der Waals surface area contributed by atoms with E-state index in [9.17, 15) is 0 Å². The molecule has 1 aromatic rings. The number of anilines is 2. The highest BCUT2D eigenvalue weighted by Crippen LogP contribution is 2.13. The number of hydrogen-bond donors (Lipinski definition) is 4. The molecule has 0 aliphatic heterocycles. The van der Waals surface area contributed by atoms with Gasteiger partial charge in [-0.15, -0.1) is 0 Å². The van der Waals surface area contributed by atoms with E-state index in [0.717, 1.165) is 0 Å². The predicted octanol–water partition coefficient (Wildman–Crippen LogP) is -1.53. The summed E-state index contributed by atoms with van der Waals surface area (Å²) in [7, 11) is 1.38. The maximum atomic E-state index is 8.89. The normalized spacial score (nSPS) is 10.1. The van der Waals surface area contributed by atoms with Crippen LogP contribution < -0.4 is 15.1 Å². The van der Waals surface area contributed by atoms with Crippen molar-refractivity contribution in [3.8, 4) is 6.01 Å². The number of aliphatic hydroxyl groups is 2. The summed E-state index contributed by atoms with van der Waals surface area (Å²) in [6.45, 7) is 0.267. The molecule has 0 amide bonds. The maximum Gasteiger partial charge on any atom is 0.322 e. The highest BCUT2D eigenvalue weighted by Gasteiger charge is 2.13. The lowest BCUT2D eigenvalue weighted by atomic mass is 10.5. The zero-order chi connectivity index (χ0) is 12.7. The first-order valence-electron chi connectivity index (χ1n) is 4.92. The first-order chi connectivity index (χ1) is 8.24. The van der Waals surface area contributed by atoms with Gasteiger partial charge < -0.3 is 19.8 Å². The summed E-state index contributed by atoms with van der Waals surface area (Å²) >= 11 is 0. The van der Waals surface area contributed by atoms with Crippen LogP contribution in [0.15, 0.2) is 0 Å². The van der Waals surface area contributed by atoms with Gasteiger partial charge in [-0.3, -0.25) is 5.21 Å². The third-order valence-electron chi connectivity index (χ3n) is 1.91. The number of aromatic nitrogens is 3. The Morgan fingerprint density at radius 1 is 1.18 bits per heavy atom. The second-order valence-electron chi connectivity index (χ2n) is 2.99. The number of aliphatic hydroxyl groups excluding tert-OH is 2. The molecule has 0 atom stereocenters. The van der Waals surface area contributed by atoms with Crippen molar-refractivity contribution < 1.29 is 20.2 Å². The largest absolute Gasteiger partial charge is 0.467 e. The van der Waals surface area contributed by atoms with E-state index < -0.39 is 0 Å². The monoisotopic (exact) mass is 245 g/mol. The molecule has 0 saturated carbocycles. The fraction of sp³-hybridized carbons (Fsp3) is 0.625. The Balaban J connectivity index is 2.99.